The van der Waals surface area contributed by atoms with E-state index in [1.807, 2.05) is 18.2 Å². The van der Waals surface area contributed by atoms with E-state index < -0.39 is 17.7 Å². The summed E-state index contributed by atoms with van der Waals surface area (Å²) in [6.07, 6.45) is 0. The number of rotatable bonds is 2. The van der Waals surface area contributed by atoms with Gasteiger partial charge in [0.25, 0.3) is 0 Å². The van der Waals surface area contributed by atoms with Crippen molar-refractivity contribution in [3.05, 3.63) is 66.2 Å². The lowest BCUT2D eigenvalue weighted by Crippen LogP contribution is -2.14. The molecule has 6 heteroatoms. The summed E-state index contributed by atoms with van der Waals surface area (Å²) >= 11 is 11.5. The maximum Gasteiger partial charge on any atom is 0.160 e. The van der Waals surface area contributed by atoms with Crippen molar-refractivity contribution in [1.82, 2.24) is 0 Å². The third-order valence-corrected chi connectivity index (χ3v) is 4.39. The molecule has 0 aliphatic carbocycles. The molecule has 0 heterocycles. The second-order valence-electron chi connectivity index (χ2n) is 3.93. The van der Waals surface area contributed by atoms with Crippen molar-refractivity contribution < 1.29 is 8.78 Å². The summed E-state index contributed by atoms with van der Waals surface area (Å²) in [5, 5.41) is 0.108. The highest BCUT2D eigenvalue weighted by atomic mass is 127. The fourth-order valence-electron chi connectivity index (χ4n) is 1.70. The Morgan fingerprint density at radius 1 is 1.11 bits per heavy atom. The van der Waals surface area contributed by atoms with Crippen molar-refractivity contribution in [1.29, 1.82) is 0 Å². The van der Waals surface area contributed by atoms with E-state index >= 15 is 0 Å². The SMILES string of the molecule is NC(c1cc(F)c(F)cc1Cl)c1cc(I)ccc1Br. The molecule has 2 aromatic carbocycles. The topological polar surface area (TPSA) is 26.0 Å². The lowest BCUT2D eigenvalue weighted by atomic mass is 9.99. The highest BCUT2D eigenvalue weighted by molar-refractivity contribution is 14.1. The maximum absolute atomic E-state index is 13.3. The molecule has 0 fully saturated rings. The molecule has 19 heavy (non-hydrogen) atoms. The number of hydrogen-bond donors (Lipinski definition) is 1. The Hall–Kier alpha value is -0.240. The Morgan fingerprint density at radius 3 is 2.42 bits per heavy atom. The molecule has 0 amide bonds. The molecule has 0 saturated carbocycles. The monoisotopic (exact) mass is 457 g/mol. The van der Waals surface area contributed by atoms with E-state index in [0.29, 0.717) is 5.56 Å². The molecule has 1 atom stereocenters. The zero-order chi connectivity index (χ0) is 14.2. The van der Waals surface area contributed by atoms with Crippen LogP contribution in [0.15, 0.2) is 34.8 Å². The van der Waals surface area contributed by atoms with Gasteiger partial charge >= 0.3 is 0 Å². The van der Waals surface area contributed by atoms with Gasteiger partial charge in [-0.25, -0.2) is 8.78 Å². The fraction of sp³-hybridized carbons (Fsp3) is 0.0769. The van der Waals surface area contributed by atoms with Crippen molar-refractivity contribution >= 4 is 50.1 Å². The Labute approximate surface area is 136 Å². The number of benzene rings is 2. The highest BCUT2D eigenvalue weighted by Crippen LogP contribution is 2.32. The van der Waals surface area contributed by atoms with Crippen LogP contribution in [0.2, 0.25) is 5.02 Å². The summed E-state index contributed by atoms with van der Waals surface area (Å²) in [4.78, 5) is 0. The maximum atomic E-state index is 13.3. The van der Waals surface area contributed by atoms with E-state index in [9.17, 15) is 8.78 Å². The second kappa shape index (κ2) is 6.03. The summed E-state index contributed by atoms with van der Waals surface area (Å²) in [7, 11) is 0. The average Bonchev–Trinajstić information content (AvgIpc) is 2.36. The van der Waals surface area contributed by atoms with Crippen LogP contribution >= 0.6 is 50.1 Å². The number of hydrogen-bond acceptors (Lipinski definition) is 1. The largest absolute Gasteiger partial charge is 0.320 e. The minimum absolute atomic E-state index is 0.108. The molecular formula is C13H8BrClF2IN. The Bertz CT molecular complexity index is 636. The predicted octanol–water partition coefficient (Wildman–Crippen LogP) is 5.03. The van der Waals surface area contributed by atoms with Crippen LogP contribution in [0.4, 0.5) is 8.78 Å². The van der Waals surface area contributed by atoms with E-state index in [2.05, 4.69) is 38.5 Å². The molecule has 1 unspecified atom stereocenters. The first-order chi connectivity index (χ1) is 8.90. The molecule has 0 radical (unpaired) electrons. The van der Waals surface area contributed by atoms with Crippen molar-refractivity contribution in [3.63, 3.8) is 0 Å². The van der Waals surface area contributed by atoms with E-state index in [4.69, 9.17) is 17.3 Å². The van der Waals surface area contributed by atoms with Gasteiger partial charge in [-0.05, 0) is 64.0 Å². The minimum Gasteiger partial charge on any atom is -0.320 e. The van der Waals surface area contributed by atoms with Crippen molar-refractivity contribution in [2.45, 2.75) is 6.04 Å². The van der Waals surface area contributed by atoms with Crippen LogP contribution in [-0.4, -0.2) is 0 Å². The summed E-state index contributed by atoms with van der Waals surface area (Å²) in [6, 6.07) is 6.97. The van der Waals surface area contributed by atoms with E-state index in [0.717, 1.165) is 25.7 Å². The van der Waals surface area contributed by atoms with Gasteiger partial charge in [0.05, 0.1) is 6.04 Å². The van der Waals surface area contributed by atoms with Crippen molar-refractivity contribution in [2.24, 2.45) is 5.73 Å². The van der Waals surface area contributed by atoms with E-state index in [1.165, 1.54) is 0 Å². The normalized spacial score (nSPS) is 12.5. The first-order valence-corrected chi connectivity index (χ1v) is 7.50. The smallest absolute Gasteiger partial charge is 0.160 e. The number of halogens is 5. The van der Waals surface area contributed by atoms with Gasteiger partial charge in [-0.2, -0.15) is 0 Å². The van der Waals surface area contributed by atoms with Gasteiger partial charge in [0.1, 0.15) is 0 Å². The Balaban J connectivity index is 2.52. The van der Waals surface area contributed by atoms with E-state index in [-0.39, 0.29) is 5.02 Å². The standard InChI is InChI=1S/C13H8BrClF2IN/c14-9-2-1-6(18)3-7(9)13(19)8-4-11(16)12(17)5-10(8)15/h1-5,13H,19H2. The summed E-state index contributed by atoms with van der Waals surface area (Å²) in [5.74, 6) is -1.95. The lowest BCUT2D eigenvalue weighted by molar-refractivity contribution is 0.506. The van der Waals surface area contributed by atoms with Gasteiger partial charge in [0, 0.05) is 13.1 Å². The van der Waals surface area contributed by atoms with Gasteiger partial charge < -0.3 is 5.73 Å². The third-order valence-electron chi connectivity index (χ3n) is 2.67. The molecule has 0 bridgehead atoms. The Kier molecular flexibility index (Phi) is 4.81. The first-order valence-electron chi connectivity index (χ1n) is 5.25. The van der Waals surface area contributed by atoms with Gasteiger partial charge in [-0.1, -0.05) is 27.5 Å². The molecule has 0 saturated heterocycles. The molecule has 2 aromatic rings. The van der Waals surface area contributed by atoms with E-state index in [1.54, 1.807) is 0 Å². The minimum atomic E-state index is -0.984. The van der Waals surface area contributed by atoms with Crippen LogP contribution in [0, 0.1) is 15.2 Å². The zero-order valence-electron chi connectivity index (χ0n) is 9.43. The van der Waals surface area contributed by atoms with Crippen LogP contribution in [0.1, 0.15) is 17.2 Å². The third kappa shape index (κ3) is 3.26. The van der Waals surface area contributed by atoms with Gasteiger partial charge in [0.2, 0.25) is 0 Å². The Morgan fingerprint density at radius 2 is 1.74 bits per heavy atom. The molecule has 1 nitrogen and oxygen atoms in total. The molecule has 0 aliphatic rings. The van der Waals surface area contributed by atoms with Crippen LogP contribution < -0.4 is 5.73 Å². The summed E-state index contributed by atoms with van der Waals surface area (Å²) < 4.78 is 28.2. The molecular weight excluding hydrogens is 450 g/mol. The molecule has 0 spiro atoms. The van der Waals surface area contributed by atoms with Crippen LogP contribution in [0.25, 0.3) is 0 Å². The van der Waals surface area contributed by atoms with Crippen LogP contribution in [0.5, 0.6) is 0 Å². The quantitative estimate of drug-likeness (QED) is 0.496. The zero-order valence-corrected chi connectivity index (χ0v) is 13.9. The molecule has 100 valence electrons. The fourth-order valence-corrected chi connectivity index (χ4v) is 2.97. The highest BCUT2D eigenvalue weighted by Gasteiger charge is 2.18. The van der Waals surface area contributed by atoms with Gasteiger partial charge in [-0.15, -0.1) is 0 Å². The molecule has 0 aliphatic heterocycles. The van der Waals surface area contributed by atoms with Crippen molar-refractivity contribution in [2.75, 3.05) is 0 Å². The lowest BCUT2D eigenvalue weighted by Gasteiger charge is -2.16. The summed E-state index contributed by atoms with van der Waals surface area (Å²) in [6.45, 7) is 0. The van der Waals surface area contributed by atoms with Gasteiger partial charge in [0.15, 0.2) is 11.6 Å². The van der Waals surface area contributed by atoms with Gasteiger partial charge in [-0.3, -0.25) is 0 Å². The second-order valence-corrected chi connectivity index (χ2v) is 6.44. The molecule has 0 aromatic heterocycles. The predicted molar refractivity (Wildman–Crippen MR) is 84.3 cm³/mol. The molecule has 2 N–H and O–H groups in total. The number of nitrogens with two attached hydrogens (primary N) is 1. The molecule has 2 rings (SSSR count). The average molecular weight is 458 g/mol. The summed E-state index contributed by atoms with van der Waals surface area (Å²) in [5.41, 5.74) is 7.21. The van der Waals surface area contributed by atoms with Crippen LogP contribution in [-0.2, 0) is 0 Å². The van der Waals surface area contributed by atoms with Crippen molar-refractivity contribution in [3.8, 4) is 0 Å². The van der Waals surface area contributed by atoms with Crippen LogP contribution in [0.3, 0.4) is 0 Å². The first kappa shape index (κ1) is 15.2.